The first-order valence-electron chi connectivity index (χ1n) is 6.69. The third-order valence-corrected chi connectivity index (χ3v) is 4.06. The second-order valence-electron chi connectivity index (χ2n) is 5.68. The highest BCUT2D eigenvalue weighted by Crippen LogP contribution is 2.32. The first-order chi connectivity index (χ1) is 8.55. The first kappa shape index (κ1) is 13.5. The van der Waals surface area contributed by atoms with E-state index in [0.717, 1.165) is 24.3 Å². The second-order valence-corrected chi connectivity index (χ2v) is 5.68. The number of nitrogens with one attached hydrogen (secondary N) is 1. The van der Waals surface area contributed by atoms with Crippen LogP contribution in [0, 0.1) is 6.92 Å². The number of nitrogens with two attached hydrogens (primary N) is 1. The molecule has 0 bridgehead atoms. The SMILES string of the molecule is Cc1ccc(C(NN)C(C)(C)N2CCCC2)cn1. The summed E-state index contributed by atoms with van der Waals surface area (Å²) < 4.78 is 0. The highest BCUT2D eigenvalue weighted by atomic mass is 15.3. The summed E-state index contributed by atoms with van der Waals surface area (Å²) >= 11 is 0. The Hall–Kier alpha value is -0.970. The predicted octanol–water partition coefficient (Wildman–Crippen LogP) is 1.77. The summed E-state index contributed by atoms with van der Waals surface area (Å²) in [4.78, 5) is 6.89. The molecule has 0 spiro atoms. The van der Waals surface area contributed by atoms with Gasteiger partial charge in [0.2, 0.25) is 0 Å². The molecule has 2 heterocycles. The lowest BCUT2D eigenvalue weighted by atomic mass is 9.88. The number of hydrogen-bond donors (Lipinski definition) is 2. The summed E-state index contributed by atoms with van der Waals surface area (Å²) in [6, 6.07) is 4.26. The minimum absolute atomic E-state index is 0.00217. The number of likely N-dealkylation sites (tertiary alicyclic amines) is 1. The maximum Gasteiger partial charge on any atom is 0.0653 e. The molecule has 1 aromatic heterocycles. The van der Waals surface area contributed by atoms with Crippen molar-refractivity contribution in [3.8, 4) is 0 Å². The molecular formula is C14H24N4. The smallest absolute Gasteiger partial charge is 0.0653 e. The lowest BCUT2D eigenvalue weighted by Gasteiger charge is -2.41. The largest absolute Gasteiger partial charge is 0.296 e. The van der Waals surface area contributed by atoms with Crippen molar-refractivity contribution in [1.82, 2.24) is 15.3 Å². The number of hydrogen-bond acceptors (Lipinski definition) is 4. The quantitative estimate of drug-likeness (QED) is 0.630. The van der Waals surface area contributed by atoms with Gasteiger partial charge >= 0.3 is 0 Å². The van der Waals surface area contributed by atoms with E-state index in [0.29, 0.717) is 0 Å². The molecule has 1 aromatic rings. The molecule has 1 atom stereocenters. The lowest BCUT2D eigenvalue weighted by Crippen LogP contribution is -2.53. The fraction of sp³-hybridized carbons (Fsp3) is 0.643. The minimum atomic E-state index is 0.00217. The molecule has 1 aliphatic rings. The summed E-state index contributed by atoms with van der Waals surface area (Å²) in [6.07, 6.45) is 4.50. The van der Waals surface area contributed by atoms with Crippen molar-refractivity contribution in [2.45, 2.75) is 45.2 Å². The standard InChI is InChI=1S/C14H24N4/c1-11-6-7-12(10-16-11)13(17-15)14(2,3)18-8-4-5-9-18/h6-7,10,13,17H,4-5,8-9,15H2,1-3H3. The van der Waals surface area contributed by atoms with Gasteiger partial charge in [0.1, 0.15) is 0 Å². The van der Waals surface area contributed by atoms with Crippen LogP contribution in [0.3, 0.4) is 0 Å². The average molecular weight is 248 g/mol. The number of aromatic nitrogens is 1. The van der Waals surface area contributed by atoms with Crippen molar-refractivity contribution in [2.75, 3.05) is 13.1 Å². The second kappa shape index (κ2) is 5.34. The first-order valence-corrected chi connectivity index (χ1v) is 6.69. The highest BCUT2D eigenvalue weighted by Gasteiger charge is 2.37. The molecule has 1 saturated heterocycles. The number of nitrogens with zero attached hydrogens (tertiary/aromatic N) is 2. The van der Waals surface area contributed by atoms with E-state index in [2.05, 4.69) is 35.2 Å². The zero-order valence-corrected chi connectivity index (χ0v) is 11.6. The van der Waals surface area contributed by atoms with E-state index in [1.165, 1.54) is 12.8 Å². The molecule has 0 amide bonds. The van der Waals surface area contributed by atoms with E-state index in [1.807, 2.05) is 19.2 Å². The van der Waals surface area contributed by atoms with Crippen molar-refractivity contribution in [3.05, 3.63) is 29.6 Å². The Bertz CT molecular complexity index is 379. The number of aryl methyl sites for hydroxylation is 1. The van der Waals surface area contributed by atoms with Crippen molar-refractivity contribution in [3.63, 3.8) is 0 Å². The average Bonchev–Trinajstić information content (AvgIpc) is 2.86. The van der Waals surface area contributed by atoms with Crippen LogP contribution in [0.2, 0.25) is 0 Å². The van der Waals surface area contributed by atoms with Gasteiger partial charge in [-0.15, -0.1) is 0 Å². The van der Waals surface area contributed by atoms with Gasteiger partial charge in [-0.25, -0.2) is 0 Å². The van der Waals surface area contributed by atoms with Gasteiger partial charge in [-0.2, -0.15) is 0 Å². The van der Waals surface area contributed by atoms with E-state index in [4.69, 9.17) is 5.84 Å². The van der Waals surface area contributed by atoms with Crippen LogP contribution < -0.4 is 11.3 Å². The Morgan fingerprint density at radius 2 is 2.00 bits per heavy atom. The molecule has 100 valence electrons. The number of pyridine rings is 1. The molecule has 18 heavy (non-hydrogen) atoms. The maximum atomic E-state index is 5.79. The van der Waals surface area contributed by atoms with Crippen molar-refractivity contribution in [2.24, 2.45) is 5.84 Å². The van der Waals surface area contributed by atoms with Crippen molar-refractivity contribution in [1.29, 1.82) is 0 Å². The molecule has 0 saturated carbocycles. The van der Waals surface area contributed by atoms with Gasteiger partial charge in [0.25, 0.3) is 0 Å². The van der Waals surface area contributed by atoms with Gasteiger partial charge in [0, 0.05) is 17.4 Å². The Kier molecular flexibility index (Phi) is 4.00. The molecule has 4 heteroatoms. The van der Waals surface area contributed by atoms with E-state index >= 15 is 0 Å². The third-order valence-electron chi connectivity index (χ3n) is 4.06. The Morgan fingerprint density at radius 3 is 2.50 bits per heavy atom. The predicted molar refractivity (Wildman–Crippen MR) is 73.9 cm³/mol. The molecule has 0 radical (unpaired) electrons. The zero-order valence-electron chi connectivity index (χ0n) is 11.6. The minimum Gasteiger partial charge on any atom is -0.296 e. The van der Waals surface area contributed by atoms with Crippen LogP contribution >= 0.6 is 0 Å². The highest BCUT2D eigenvalue weighted by molar-refractivity contribution is 5.21. The van der Waals surface area contributed by atoms with Gasteiger partial charge in [0.05, 0.1) is 6.04 Å². The molecule has 1 aliphatic heterocycles. The fourth-order valence-corrected chi connectivity index (χ4v) is 2.83. The van der Waals surface area contributed by atoms with Crippen LogP contribution in [0.1, 0.15) is 44.0 Å². The van der Waals surface area contributed by atoms with Gasteiger partial charge in [-0.05, 0) is 58.3 Å². The van der Waals surface area contributed by atoms with E-state index in [9.17, 15) is 0 Å². The van der Waals surface area contributed by atoms with Crippen LogP contribution in [-0.4, -0.2) is 28.5 Å². The molecular weight excluding hydrogens is 224 g/mol. The van der Waals surface area contributed by atoms with Crippen molar-refractivity contribution >= 4 is 0 Å². The van der Waals surface area contributed by atoms with E-state index < -0.39 is 0 Å². The van der Waals surface area contributed by atoms with Gasteiger partial charge in [-0.3, -0.25) is 21.2 Å². The van der Waals surface area contributed by atoms with Crippen LogP contribution in [0.5, 0.6) is 0 Å². The Morgan fingerprint density at radius 1 is 1.33 bits per heavy atom. The van der Waals surface area contributed by atoms with Crippen LogP contribution in [0.4, 0.5) is 0 Å². The molecule has 3 N–H and O–H groups in total. The molecule has 2 rings (SSSR count). The van der Waals surface area contributed by atoms with Crippen LogP contribution in [0.25, 0.3) is 0 Å². The van der Waals surface area contributed by atoms with Crippen LogP contribution in [0.15, 0.2) is 18.3 Å². The summed E-state index contributed by atoms with van der Waals surface area (Å²) in [5.41, 5.74) is 5.16. The summed E-state index contributed by atoms with van der Waals surface area (Å²) in [5.74, 6) is 5.79. The number of hydrazine groups is 1. The Labute approximate surface area is 110 Å². The molecule has 1 unspecified atom stereocenters. The van der Waals surface area contributed by atoms with Gasteiger partial charge < -0.3 is 0 Å². The Balaban J connectivity index is 2.23. The molecule has 0 aliphatic carbocycles. The zero-order chi connectivity index (χ0) is 13.2. The fourth-order valence-electron chi connectivity index (χ4n) is 2.83. The van der Waals surface area contributed by atoms with Crippen LogP contribution in [-0.2, 0) is 0 Å². The molecule has 0 aromatic carbocycles. The summed E-state index contributed by atoms with van der Waals surface area (Å²) in [7, 11) is 0. The lowest BCUT2D eigenvalue weighted by molar-refractivity contribution is 0.107. The van der Waals surface area contributed by atoms with Gasteiger partial charge in [0.15, 0.2) is 0 Å². The maximum absolute atomic E-state index is 5.79. The summed E-state index contributed by atoms with van der Waals surface area (Å²) in [5, 5.41) is 0. The van der Waals surface area contributed by atoms with E-state index in [-0.39, 0.29) is 11.6 Å². The third kappa shape index (κ3) is 2.55. The molecule has 4 nitrogen and oxygen atoms in total. The van der Waals surface area contributed by atoms with E-state index in [1.54, 1.807) is 0 Å². The van der Waals surface area contributed by atoms with Crippen molar-refractivity contribution < 1.29 is 0 Å². The monoisotopic (exact) mass is 248 g/mol. The normalized spacial score (nSPS) is 19.1. The molecule has 1 fully saturated rings. The topological polar surface area (TPSA) is 54.2 Å². The number of rotatable bonds is 4. The van der Waals surface area contributed by atoms with Gasteiger partial charge in [-0.1, -0.05) is 6.07 Å². The summed E-state index contributed by atoms with van der Waals surface area (Å²) in [6.45, 7) is 8.82.